The van der Waals surface area contributed by atoms with Crippen LogP contribution in [-0.2, 0) is 0 Å². The lowest BCUT2D eigenvalue weighted by Crippen LogP contribution is -2.45. The van der Waals surface area contributed by atoms with Crippen molar-refractivity contribution in [1.29, 1.82) is 5.41 Å². The summed E-state index contributed by atoms with van der Waals surface area (Å²) in [6.45, 7) is 2.52. The summed E-state index contributed by atoms with van der Waals surface area (Å²) < 4.78 is 38.1. The minimum atomic E-state index is -4.41. The van der Waals surface area contributed by atoms with Gasteiger partial charge in [0.05, 0.1) is 0 Å². The maximum atomic E-state index is 12.7. The molecule has 6 heteroatoms. The number of rotatable bonds is 7. The fourth-order valence-corrected chi connectivity index (χ4v) is 1.84. The molecule has 1 unspecified atom stereocenters. The molecule has 0 saturated heterocycles. The Hall–Kier alpha value is -0.780. The van der Waals surface area contributed by atoms with Crippen molar-refractivity contribution in [1.82, 2.24) is 4.90 Å². The van der Waals surface area contributed by atoms with Gasteiger partial charge >= 0.3 is 6.18 Å². The predicted octanol–water partition coefficient (Wildman–Crippen LogP) is 2.37. The maximum Gasteiger partial charge on any atom is 0.399 e. The average Bonchev–Trinajstić information content (AvgIpc) is 2.99. The molecule has 0 aromatic rings. The van der Waals surface area contributed by atoms with E-state index in [1.54, 1.807) is 0 Å². The quantitative estimate of drug-likeness (QED) is 0.539. The monoisotopic (exact) mass is 251 g/mol. The summed E-state index contributed by atoms with van der Waals surface area (Å²) in [6.07, 6.45) is -0.636. The Bertz CT molecular complexity index is 261. The molecular weight excluding hydrogens is 231 g/mol. The van der Waals surface area contributed by atoms with Gasteiger partial charge < -0.3 is 5.73 Å². The Morgan fingerprint density at radius 1 is 1.47 bits per heavy atom. The standard InChI is InChI=1S/C11H20F3N3/c1-2-3-6-17(8-4-5-8)7-9(10(15)16)11(12,13)14/h8-9H,2-7H2,1H3,(H3,15,16). The third-order valence-electron chi connectivity index (χ3n) is 3.05. The van der Waals surface area contributed by atoms with Crippen molar-refractivity contribution in [2.45, 2.75) is 44.8 Å². The number of alkyl halides is 3. The van der Waals surface area contributed by atoms with Crippen LogP contribution in [0.25, 0.3) is 0 Å². The molecule has 1 aliphatic rings. The molecule has 0 aromatic carbocycles. The van der Waals surface area contributed by atoms with E-state index in [1.807, 2.05) is 11.8 Å². The summed E-state index contributed by atoms with van der Waals surface area (Å²) in [5.41, 5.74) is 5.06. The number of hydrogen-bond acceptors (Lipinski definition) is 2. The molecule has 1 aliphatic carbocycles. The molecule has 0 radical (unpaired) electrons. The van der Waals surface area contributed by atoms with E-state index in [1.165, 1.54) is 0 Å². The van der Waals surface area contributed by atoms with Gasteiger partial charge in [0.15, 0.2) is 0 Å². The van der Waals surface area contributed by atoms with Crippen molar-refractivity contribution in [3.8, 4) is 0 Å². The summed E-state index contributed by atoms with van der Waals surface area (Å²) in [4.78, 5) is 1.84. The molecule has 0 aromatic heterocycles. The van der Waals surface area contributed by atoms with E-state index in [2.05, 4.69) is 0 Å². The fourth-order valence-electron chi connectivity index (χ4n) is 1.84. The van der Waals surface area contributed by atoms with Crippen molar-refractivity contribution in [3.05, 3.63) is 0 Å². The first kappa shape index (κ1) is 14.3. The van der Waals surface area contributed by atoms with Crippen LogP contribution < -0.4 is 5.73 Å². The zero-order chi connectivity index (χ0) is 13.1. The lowest BCUT2D eigenvalue weighted by molar-refractivity contribution is -0.160. The number of hydrogen-bond donors (Lipinski definition) is 2. The third-order valence-corrected chi connectivity index (χ3v) is 3.05. The van der Waals surface area contributed by atoms with Crippen LogP contribution in [-0.4, -0.2) is 36.0 Å². The number of nitrogens with two attached hydrogens (primary N) is 1. The Kier molecular flexibility index (Phi) is 4.80. The van der Waals surface area contributed by atoms with Gasteiger partial charge in [0.2, 0.25) is 0 Å². The van der Waals surface area contributed by atoms with Crippen LogP contribution in [0.1, 0.15) is 32.6 Å². The van der Waals surface area contributed by atoms with E-state index >= 15 is 0 Å². The molecule has 0 bridgehead atoms. The van der Waals surface area contributed by atoms with Crippen molar-refractivity contribution < 1.29 is 13.2 Å². The Morgan fingerprint density at radius 3 is 2.41 bits per heavy atom. The molecule has 1 fully saturated rings. The highest BCUT2D eigenvalue weighted by molar-refractivity contribution is 5.80. The van der Waals surface area contributed by atoms with E-state index in [0.717, 1.165) is 25.7 Å². The summed E-state index contributed by atoms with van der Waals surface area (Å²) in [6, 6.07) is 0.269. The minimum Gasteiger partial charge on any atom is -0.387 e. The molecule has 3 N–H and O–H groups in total. The van der Waals surface area contributed by atoms with Gasteiger partial charge in [0.1, 0.15) is 11.8 Å². The number of nitrogens with zero attached hydrogens (tertiary/aromatic N) is 1. The molecular formula is C11H20F3N3. The van der Waals surface area contributed by atoms with Gasteiger partial charge in [0.25, 0.3) is 0 Å². The van der Waals surface area contributed by atoms with Crippen LogP contribution in [0, 0.1) is 11.3 Å². The van der Waals surface area contributed by atoms with Crippen LogP contribution in [0.15, 0.2) is 0 Å². The second-order valence-electron chi connectivity index (χ2n) is 4.63. The molecule has 100 valence electrons. The molecule has 0 aliphatic heterocycles. The first-order chi connectivity index (χ1) is 7.86. The second-order valence-corrected chi connectivity index (χ2v) is 4.63. The number of halogens is 3. The molecule has 0 spiro atoms. The highest BCUT2D eigenvalue weighted by Gasteiger charge is 2.44. The summed E-state index contributed by atoms with van der Waals surface area (Å²) >= 11 is 0. The van der Waals surface area contributed by atoms with Crippen molar-refractivity contribution in [3.63, 3.8) is 0 Å². The van der Waals surface area contributed by atoms with Gasteiger partial charge in [-0.15, -0.1) is 0 Å². The molecule has 1 atom stereocenters. The highest BCUT2D eigenvalue weighted by atomic mass is 19.4. The SMILES string of the molecule is CCCCN(CC(C(=N)N)C(F)(F)F)C1CC1. The van der Waals surface area contributed by atoms with Gasteiger partial charge in [-0.25, -0.2) is 0 Å². The third kappa shape index (κ3) is 4.53. The summed E-state index contributed by atoms with van der Waals surface area (Å²) in [5, 5.41) is 7.07. The van der Waals surface area contributed by atoms with Gasteiger partial charge in [-0.3, -0.25) is 10.3 Å². The zero-order valence-corrected chi connectivity index (χ0v) is 10.1. The first-order valence-electron chi connectivity index (χ1n) is 6.01. The molecule has 1 saturated carbocycles. The average molecular weight is 251 g/mol. The zero-order valence-electron chi connectivity index (χ0n) is 10.1. The normalized spacial score (nSPS) is 18.4. The van der Waals surface area contributed by atoms with Gasteiger partial charge in [-0.1, -0.05) is 13.3 Å². The molecule has 0 amide bonds. The van der Waals surface area contributed by atoms with Gasteiger partial charge in [-0.2, -0.15) is 13.2 Å². The lowest BCUT2D eigenvalue weighted by Gasteiger charge is -2.28. The summed E-state index contributed by atoms with van der Waals surface area (Å²) in [7, 11) is 0. The topological polar surface area (TPSA) is 53.1 Å². The number of unbranched alkanes of at least 4 members (excludes halogenated alkanes) is 1. The number of nitrogens with one attached hydrogen (secondary N) is 1. The van der Waals surface area contributed by atoms with Gasteiger partial charge in [-0.05, 0) is 25.8 Å². The molecule has 1 rings (SSSR count). The summed E-state index contributed by atoms with van der Waals surface area (Å²) in [5.74, 6) is -2.60. The maximum absolute atomic E-state index is 12.7. The van der Waals surface area contributed by atoms with E-state index in [4.69, 9.17) is 11.1 Å². The van der Waals surface area contributed by atoms with E-state index in [9.17, 15) is 13.2 Å². The van der Waals surface area contributed by atoms with Crippen molar-refractivity contribution in [2.24, 2.45) is 11.7 Å². The van der Waals surface area contributed by atoms with Crippen LogP contribution >= 0.6 is 0 Å². The largest absolute Gasteiger partial charge is 0.399 e. The van der Waals surface area contributed by atoms with Crippen LogP contribution in [0.4, 0.5) is 13.2 Å². The first-order valence-corrected chi connectivity index (χ1v) is 6.01. The Morgan fingerprint density at radius 2 is 2.06 bits per heavy atom. The van der Waals surface area contributed by atoms with Crippen LogP contribution in [0.5, 0.6) is 0 Å². The fraction of sp³-hybridized carbons (Fsp3) is 0.909. The number of amidine groups is 1. The minimum absolute atomic E-state index is 0.163. The Balaban J connectivity index is 2.59. The molecule has 0 heterocycles. The lowest BCUT2D eigenvalue weighted by atomic mass is 10.1. The van der Waals surface area contributed by atoms with E-state index in [0.29, 0.717) is 6.54 Å². The van der Waals surface area contributed by atoms with Crippen LogP contribution in [0.2, 0.25) is 0 Å². The van der Waals surface area contributed by atoms with E-state index < -0.39 is 17.9 Å². The molecule has 17 heavy (non-hydrogen) atoms. The van der Waals surface area contributed by atoms with E-state index in [-0.39, 0.29) is 12.6 Å². The Labute approximate surface area is 99.7 Å². The second kappa shape index (κ2) is 5.71. The highest BCUT2D eigenvalue weighted by Crippen LogP contribution is 2.32. The predicted molar refractivity (Wildman–Crippen MR) is 61.0 cm³/mol. The van der Waals surface area contributed by atoms with Crippen LogP contribution in [0.3, 0.4) is 0 Å². The van der Waals surface area contributed by atoms with Crippen molar-refractivity contribution in [2.75, 3.05) is 13.1 Å². The smallest absolute Gasteiger partial charge is 0.387 e. The molecule has 3 nitrogen and oxygen atoms in total. The van der Waals surface area contributed by atoms with Gasteiger partial charge in [0, 0.05) is 12.6 Å². The van der Waals surface area contributed by atoms with Crippen molar-refractivity contribution >= 4 is 5.84 Å².